The Morgan fingerprint density at radius 2 is 1.43 bits per heavy atom. The largest absolute Gasteiger partial charge is 2.00 e. The van der Waals surface area contributed by atoms with Gasteiger partial charge in [0.25, 0.3) is 10.1 Å². The molecule has 0 aliphatic carbocycles. The molecule has 3 nitrogen and oxygen atoms in total. The Bertz CT molecular complexity index is 720. The third-order valence-corrected chi connectivity index (χ3v) is 3.79. The second-order valence-electron chi connectivity index (χ2n) is 4.55. The second kappa shape index (κ2) is 11.2. The molecule has 0 aliphatic heterocycles. The molecule has 1 N–H and O–H groups in total. The molecule has 0 aliphatic rings. The Morgan fingerprint density at radius 3 is 1.96 bits per heavy atom. The molecule has 0 saturated heterocycles. The fourth-order valence-corrected chi connectivity index (χ4v) is 2.59. The molecule has 0 heterocycles. The van der Waals surface area contributed by atoms with E-state index in [0.717, 1.165) is 6.42 Å². The molecule has 0 atom stereocenters. The minimum atomic E-state index is -4.10. The topological polar surface area (TPSA) is 54.4 Å². The summed E-state index contributed by atoms with van der Waals surface area (Å²) in [6.07, 6.45) is 4.90. The maximum atomic E-state index is 10.8. The van der Waals surface area contributed by atoms with Crippen LogP contribution < -0.4 is 0 Å². The summed E-state index contributed by atoms with van der Waals surface area (Å²) < 4.78 is 30.5. The van der Waals surface area contributed by atoms with E-state index >= 15 is 0 Å². The summed E-state index contributed by atoms with van der Waals surface area (Å²) in [5.74, 6) is 0. The van der Waals surface area contributed by atoms with Crippen molar-refractivity contribution in [3.63, 3.8) is 0 Å². The molecule has 0 amide bonds. The van der Waals surface area contributed by atoms with Gasteiger partial charge in [0.05, 0.1) is 4.90 Å². The van der Waals surface area contributed by atoms with Gasteiger partial charge in [-0.15, -0.1) is 13.2 Å². The van der Waals surface area contributed by atoms with Gasteiger partial charge in [-0.1, -0.05) is 60.7 Å². The quantitative estimate of drug-likeness (QED) is 0.509. The van der Waals surface area contributed by atoms with E-state index in [4.69, 9.17) is 4.55 Å². The molecule has 23 heavy (non-hydrogen) atoms. The van der Waals surface area contributed by atoms with Crippen LogP contribution in [-0.4, -0.2) is 36.0 Å². The molecule has 2 aromatic rings. The van der Waals surface area contributed by atoms with E-state index in [-0.39, 0.29) is 30.8 Å². The molecule has 2 rings (SSSR count). The molecule has 2 aromatic carbocycles. The molecule has 0 spiro atoms. The van der Waals surface area contributed by atoms with Crippen LogP contribution in [0, 0.1) is 0 Å². The first-order valence-corrected chi connectivity index (χ1v) is 8.24. The Labute approximate surface area is 157 Å². The molecule has 5 heteroatoms. The number of hydrogen-bond acceptors (Lipinski definition) is 2. The normalized spacial score (nSPS) is 9.78. The number of allylic oxidation sites excluding steroid dienone is 2. The van der Waals surface area contributed by atoms with E-state index in [1.54, 1.807) is 24.3 Å². The summed E-state index contributed by atoms with van der Waals surface area (Å²) in [5, 5.41) is 0. The number of rotatable bonds is 5. The van der Waals surface area contributed by atoms with Gasteiger partial charge in [0, 0.05) is 0 Å². The van der Waals surface area contributed by atoms with Gasteiger partial charge in [0.2, 0.25) is 0 Å². The predicted molar refractivity (Wildman–Crippen MR) is 98.5 cm³/mol. The van der Waals surface area contributed by atoms with E-state index in [0.29, 0.717) is 12.0 Å². The Kier molecular flexibility index (Phi) is 10.5. The number of benzene rings is 2. The monoisotopic (exact) mass is 342 g/mol. The zero-order valence-electron chi connectivity index (χ0n) is 15.1. The van der Waals surface area contributed by atoms with Crippen LogP contribution >= 0.6 is 0 Å². The molecule has 0 radical (unpaired) electrons. The van der Waals surface area contributed by atoms with Crippen LogP contribution in [0.15, 0.2) is 84.8 Å². The van der Waals surface area contributed by atoms with Crippen molar-refractivity contribution in [1.29, 1.82) is 0 Å². The molecule has 0 fully saturated rings. The standard InChI is InChI=1S/C9H10O3S.C9H10.Mg.2H/c1-2-5-8-6-3-4-7-9(8)13(10,11)12;1-2-6-9-7-4-3-5-8-9;;;/h2-4,6-7H,1,5H2,(H,10,11,12);2-5,7-8H,1,6H2;;;/q;;+2;2*-1. The first kappa shape index (κ1) is 21.6. The van der Waals surface area contributed by atoms with E-state index in [2.05, 4.69) is 25.3 Å². The van der Waals surface area contributed by atoms with Gasteiger partial charge in [-0.3, -0.25) is 4.55 Å². The third kappa shape index (κ3) is 8.13. The SMILES string of the molecule is C=CCc1ccccc1.C=CCc1ccccc1S(=O)(=O)O.[H-].[H-].[Mg+2]. The fraction of sp³-hybridized carbons (Fsp3) is 0.111. The number of hydrogen-bond donors (Lipinski definition) is 1. The molecular weight excluding hydrogens is 321 g/mol. The van der Waals surface area contributed by atoms with E-state index < -0.39 is 10.1 Å². The first-order chi connectivity index (χ1) is 10.5. The average Bonchev–Trinajstić information content (AvgIpc) is 2.49. The van der Waals surface area contributed by atoms with Crippen LogP contribution in [0.1, 0.15) is 14.0 Å². The van der Waals surface area contributed by atoms with Crippen molar-refractivity contribution in [1.82, 2.24) is 0 Å². The van der Waals surface area contributed by atoms with Crippen LogP contribution in [0.4, 0.5) is 0 Å². The smallest absolute Gasteiger partial charge is 1.00 e. The zero-order chi connectivity index (χ0) is 16.4. The Balaban J connectivity index is -0.000000362. The van der Waals surface area contributed by atoms with Gasteiger partial charge in [-0.25, -0.2) is 0 Å². The van der Waals surface area contributed by atoms with E-state index in [1.807, 2.05) is 24.3 Å². The summed E-state index contributed by atoms with van der Waals surface area (Å²) in [5.41, 5.74) is 1.88. The van der Waals surface area contributed by atoms with Crippen molar-refractivity contribution in [2.24, 2.45) is 0 Å². The fourth-order valence-electron chi connectivity index (χ4n) is 1.86. The minimum Gasteiger partial charge on any atom is -1.00 e. The molecule has 0 bridgehead atoms. The van der Waals surface area contributed by atoms with Crippen molar-refractivity contribution in [2.75, 3.05) is 0 Å². The summed E-state index contributed by atoms with van der Waals surface area (Å²) in [7, 11) is -4.10. The maximum absolute atomic E-state index is 10.8. The average molecular weight is 343 g/mol. The van der Waals surface area contributed by atoms with Crippen molar-refractivity contribution in [3.05, 3.63) is 91.0 Å². The van der Waals surface area contributed by atoms with Gasteiger partial charge in [-0.05, 0) is 30.0 Å². The summed E-state index contributed by atoms with van der Waals surface area (Å²) in [6.45, 7) is 7.16. The maximum Gasteiger partial charge on any atom is 2.00 e. The van der Waals surface area contributed by atoms with Crippen molar-refractivity contribution in [3.8, 4) is 0 Å². The van der Waals surface area contributed by atoms with Crippen molar-refractivity contribution < 1.29 is 15.8 Å². The molecule has 0 unspecified atom stereocenters. The van der Waals surface area contributed by atoms with Crippen LogP contribution in [0.5, 0.6) is 0 Å². The molecule has 0 saturated carbocycles. The van der Waals surface area contributed by atoms with Gasteiger partial charge in [0.15, 0.2) is 0 Å². The van der Waals surface area contributed by atoms with Crippen LogP contribution in [0.25, 0.3) is 0 Å². The van der Waals surface area contributed by atoms with E-state index in [9.17, 15) is 8.42 Å². The van der Waals surface area contributed by atoms with E-state index in [1.165, 1.54) is 11.6 Å². The summed E-state index contributed by atoms with van der Waals surface area (Å²) >= 11 is 0. The van der Waals surface area contributed by atoms with Gasteiger partial charge in [-0.2, -0.15) is 8.42 Å². The molecule has 0 aromatic heterocycles. The Hall–Kier alpha value is -1.40. The van der Waals surface area contributed by atoms with Crippen LogP contribution in [-0.2, 0) is 23.0 Å². The Morgan fingerprint density at radius 1 is 0.913 bits per heavy atom. The van der Waals surface area contributed by atoms with Gasteiger partial charge < -0.3 is 2.85 Å². The zero-order valence-corrected chi connectivity index (χ0v) is 15.3. The van der Waals surface area contributed by atoms with Gasteiger partial charge in [0.1, 0.15) is 0 Å². The third-order valence-electron chi connectivity index (χ3n) is 2.84. The van der Waals surface area contributed by atoms with Crippen molar-refractivity contribution in [2.45, 2.75) is 17.7 Å². The molecule has 120 valence electrons. The molecular formula is C18H22MgO3S. The minimum absolute atomic E-state index is 0. The summed E-state index contributed by atoms with van der Waals surface area (Å²) in [4.78, 5) is -0.0464. The second-order valence-corrected chi connectivity index (χ2v) is 5.94. The van der Waals surface area contributed by atoms with Gasteiger partial charge >= 0.3 is 23.1 Å². The van der Waals surface area contributed by atoms with Crippen LogP contribution in [0.2, 0.25) is 0 Å². The summed E-state index contributed by atoms with van der Waals surface area (Å²) in [6, 6.07) is 16.6. The van der Waals surface area contributed by atoms with Crippen LogP contribution in [0.3, 0.4) is 0 Å². The van der Waals surface area contributed by atoms with Crippen molar-refractivity contribution >= 4 is 33.2 Å². The first-order valence-electron chi connectivity index (χ1n) is 6.80. The predicted octanol–water partition coefficient (Wildman–Crippen LogP) is 3.92.